The monoisotopic (exact) mass is 485 g/mol. The van der Waals surface area contributed by atoms with Crippen LogP contribution in [0.5, 0.6) is 11.5 Å². The highest BCUT2D eigenvalue weighted by atomic mass is 16.5. The van der Waals surface area contributed by atoms with Crippen LogP contribution in [0.15, 0.2) is 72.9 Å². The average molecular weight is 486 g/mol. The van der Waals surface area contributed by atoms with Gasteiger partial charge in [0.1, 0.15) is 11.5 Å². The van der Waals surface area contributed by atoms with Crippen molar-refractivity contribution in [1.29, 1.82) is 0 Å². The molecule has 2 fully saturated rings. The second-order valence-electron chi connectivity index (χ2n) is 10.4. The van der Waals surface area contributed by atoms with Gasteiger partial charge in [0.05, 0.1) is 11.7 Å². The summed E-state index contributed by atoms with van der Waals surface area (Å²) < 4.78 is 8.02. The molecule has 1 amide bonds. The number of nitrogens with zero attached hydrogens (tertiary/aromatic N) is 4. The highest BCUT2D eigenvalue weighted by Crippen LogP contribution is 2.54. The molecule has 0 atom stereocenters. The number of ether oxygens (including phenoxy) is 1. The summed E-state index contributed by atoms with van der Waals surface area (Å²) in [5.74, 6) is 1.73. The van der Waals surface area contributed by atoms with E-state index in [1.165, 1.54) is 0 Å². The van der Waals surface area contributed by atoms with E-state index in [0.717, 1.165) is 67.2 Å². The summed E-state index contributed by atoms with van der Waals surface area (Å²) in [5, 5.41) is 4.95. The molecule has 2 heterocycles. The van der Waals surface area contributed by atoms with Crippen LogP contribution in [0.3, 0.4) is 0 Å². The molecule has 36 heavy (non-hydrogen) atoms. The van der Waals surface area contributed by atoms with Crippen LogP contribution in [-0.2, 0) is 11.3 Å². The Labute approximate surface area is 213 Å². The van der Waals surface area contributed by atoms with Crippen molar-refractivity contribution in [2.75, 3.05) is 33.7 Å². The second kappa shape index (κ2) is 10.3. The summed E-state index contributed by atoms with van der Waals surface area (Å²) in [4.78, 5) is 16.6. The summed E-state index contributed by atoms with van der Waals surface area (Å²) >= 11 is 0. The van der Waals surface area contributed by atoms with Crippen molar-refractivity contribution < 1.29 is 9.53 Å². The highest BCUT2D eigenvalue weighted by molar-refractivity contribution is 5.87. The predicted molar refractivity (Wildman–Crippen MR) is 142 cm³/mol. The maximum atomic E-state index is 12.6. The molecular formula is C29H35N5O2. The molecule has 1 aliphatic carbocycles. The molecule has 5 rings (SSSR count). The van der Waals surface area contributed by atoms with E-state index in [0.29, 0.717) is 12.6 Å². The van der Waals surface area contributed by atoms with E-state index in [-0.39, 0.29) is 11.3 Å². The van der Waals surface area contributed by atoms with Gasteiger partial charge in [-0.05, 0) is 75.2 Å². The number of hydrogen-bond donors (Lipinski definition) is 1. The maximum absolute atomic E-state index is 12.6. The van der Waals surface area contributed by atoms with Crippen molar-refractivity contribution in [3.05, 3.63) is 78.5 Å². The van der Waals surface area contributed by atoms with Gasteiger partial charge in [-0.25, -0.2) is 0 Å². The number of para-hydroxylation sites is 1. The first-order chi connectivity index (χ1) is 17.4. The number of carbonyl (C=O) groups excluding carboxylic acids is 1. The van der Waals surface area contributed by atoms with E-state index in [1.807, 2.05) is 84.6 Å². The molecule has 1 aromatic heterocycles. The fourth-order valence-electron chi connectivity index (χ4n) is 5.37. The fourth-order valence-corrected chi connectivity index (χ4v) is 5.37. The van der Waals surface area contributed by atoms with Gasteiger partial charge in [-0.3, -0.25) is 9.48 Å². The van der Waals surface area contributed by atoms with E-state index >= 15 is 0 Å². The van der Waals surface area contributed by atoms with Crippen LogP contribution in [0.1, 0.15) is 30.9 Å². The summed E-state index contributed by atoms with van der Waals surface area (Å²) in [6.45, 7) is 2.90. The lowest BCUT2D eigenvalue weighted by Crippen LogP contribution is -2.41. The molecule has 7 heteroatoms. The third kappa shape index (κ3) is 5.22. The number of benzene rings is 2. The molecular weight excluding hydrogens is 450 g/mol. The van der Waals surface area contributed by atoms with Gasteiger partial charge >= 0.3 is 0 Å². The Morgan fingerprint density at radius 3 is 2.56 bits per heavy atom. The third-order valence-corrected chi connectivity index (χ3v) is 7.33. The van der Waals surface area contributed by atoms with Crippen LogP contribution in [-0.4, -0.2) is 59.2 Å². The molecule has 3 aromatic rings. The van der Waals surface area contributed by atoms with E-state index in [4.69, 9.17) is 15.6 Å². The Morgan fingerprint density at radius 2 is 1.86 bits per heavy atom. The van der Waals surface area contributed by atoms with Crippen LogP contribution >= 0.6 is 0 Å². The van der Waals surface area contributed by atoms with Gasteiger partial charge in [0, 0.05) is 49.6 Å². The number of carbonyl (C=O) groups is 1. The Bertz CT molecular complexity index is 1210. The topological polar surface area (TPSA) is 76.6 Å². The first-order valence-electron chi connectivity index (χ1n) is 12.7. The maximum Gasteiger partial charge on any atom is 0.246 e. The molecule has 1 spiro atoms. The minimum absolute atomic E-state index is 0.128. The number of nitrogens with two attached hydrogens (primary N) is 1. The normalized spacial score (nSPS) is 21.4. The molecule has 1 saturated heterocycles. The van der Waals surface area contributed by atoms with Gasteiger partial charge in [0.15, 0.2) is 0 Å². The van der Waals surface area contributed by atoms with Crippen LogP contribution in [0.25, 0.3) is 11.3 Å². The van der Waals surface area contributed by atoms with Crippen LogP contribution in [0, 0.1) is 5.41 Å². The Morgan fingerprint density at radius 1 is 1.14 bits per heavy atom. The number of likely N-dealkylation sites (N-methyl/N-ethyl adjacent to an activating group) is 1. The first kappa shape index (κ1) is 24.3. The summed E-state index contributed by atoms with van der Waals surface area (Å²) in [6, 6.07) is 18.1. The zero-order valence-electron chi connectivity index (χ0n) is 21.1. The van der Waals surface area contributed by atoms with Gasteiger partial charge in [0.25, 0.3) is 0 Å². The quantitative estimate of drug-likeness (QED) is 0.477. The standard InChI is InChI=1S/C29H35N5O2/c1-32(2)15-6-9-27(35)33-16-14-29(21-33)17-24(18-29)34-20-23(19-30)28(31-34)22-10-12-26(13-11-22)36-25-7-4-3-5-8-25/h3-13,20,24H,14-19,21,30H2,1-2H3. The van der Waals surface area contributed by atoms with Gasteiger partial charge in [0.2, 0.25) is 5.91 Å². The molecule has 0 unspecified atom stereocenters. The van der Waals surface area contributed by atoms with Crippen molar-refractivity contribution in [2.45, 2.75) is 31.8 Å². The predicted octanol–water partition coefficient (Wildman–Crippen LogP) is 4.47. The SMILES string of the molecule is CN(C)CC=CC(=O)N1CCC2(CC(n3cc(CN)c(-c4ccc(Oc5ccccc5)cc4)n3)C2)C1. The molecule has 0 radical (unpaired) electrons. The average Bonchev–Trinajstić information content (AvgIpc) is 3.49. The van der Waals surface area contributed by atoms with E-state index in [2.05, 4.69) is 10.9 Å². The fraction of sp³-hybridized carbons (Fsp3) is 0.379. The molecule has 2 N–H and O–H groups in total. The van der Waals surface area contributed by atoms with Crippen molar-refractivity contribution in [3.63, 3.8) is 0 Å². The molecule has 1 aliphatic heterocycles. The molecule has 188 valence electrons. The van der Waals surface area contributed by atoms with Crippen LogP contribution < -0.4 is 10.5 Å². The lowest BCUT2D eigenvalue weighted by atomic mass is 9.65. The summed E-state index contributed by atoms with van der Waals surface area (Å²) in [7, 11) is 4.00. The lowest BCUT2D eigenvalue weighted by molar-refractivity contribution is -0.125. The number of aromatic nitrogens is 2. The summed E-state index contributed by atoms with van der Waals surface area (Å²) in [6.07, 6.45) is 8.93. The number of amides is 1. The zero-order chi connectivity index (χ0) is 25.1. The molecule has 0 bridgehead atoms. The minimum atomic E-state index is 0.128. The van der Waals surface area contributed by atoms with Crippen molar-refractivity contribution >= 4 is 5.91 Å². The van der Waals surface area contributed by atoms with E-state index in [1.54, 1.807) is 6.08 Å². The molecule has 1 saturated carbocycles. The van der Waals surface area contributed by atoms with Crippen molar-refractivity contribution in [3.8, 4) is 22.8 Å². The third-order valence-electron chi connectivity index (χ3n) is 7.33. The lowest BCUT2D eigenvalue weighted by Gasteiger charge is -2.45. The number of rotatable bonds is 8. The first-order valence-corrected chi connectivity index (χ1v) is 12.7. The number of likely N-dealkylation sites (tertiary alicyclic amines) is 1. The van der Waals surface area contributed by atoms with Crippen LogP contribution in [0.4, 0.5) is 0 Å². The Balaban J connectivity index is 1.21. The van der Waals surface area contributed by atoms with Gasteiger partial charge in [-0.2, -0.15) is 5.10 Å². The molecule has 7 nitrogen and oxygen atoms in total. The Kier molecular flexibility index (Phi) is 6.94. The van der Waals surface area contributed by atoms with Crippen molar-refractivity contribution in [2.24, 2.45) is 11.1 Å². The minimum Gasteiger partial charge on any atom is -0.457 e. The smallest absolute Gasteiger partial charge is 0.246 e. The second-order valence-corrected chi connectivity index (χ2v) is 10.4. The molecule has 2 aliphatic rings. The van der Waals surface area contributed by atoms with Crippen LogP contribution in [0.2, 0.25) is 0 Å². The zero-order valence-corrected chi connectivity index (χ0v) is 21.1. The van der Waals surface area contributed by atoms with E-state index in [9.17, 15) is 4.79 Å². The van der Waals surface area contributed by atoms with Gasteiger partial charge in [-0.1, -0.05) is 24.3 Å². The van der Waals surface area contributed by atoms with Gasteiger partial charge in [-0.15, -0.1) is 0 Å². The molecule has 2 aromatic carbocycles. The summed E-state index contributed by atoms with van der Waals surface area (Å²) in [5.41, 5.74) is 9.32. The van der Waals surface area contributed by atoms with Crippen molar-refractivity contribution in [1.82, 2.24) is 19.6 Å². The Hall–Kier alpha value is -3.42. The van der Waals surface area contributed by atoms with Gasteiger partial charge < -0.3 is 20.3 Å². The van der Waals surface area contributed by atoms with E-state index < -0.39 is 0 Å². The highest BCUT2D eigenvalue weighted by Gasteiger charge is 2.50. The number of hydrogen-bond acceptors (Lipinski definition) is 5. The largest absolute Gasteiger partial charge is 0.457 e.